The molecule has 7 nitrogen and oxygen atoms in total. The van der Waals surface area contributed by atoms with Gasteiger partial charge in [-0.1, -0.05) is 24.2 Å². The first-order chi connectivity index (χ1) is 12.2. The number of rotatable bonds is 6. The Morgan fingerprint density at radius 2 is 2.36 bits per heavy atom. The molecule has 1 atom stereocenters. The third-order valence-electron chi connectivity index (χ3n) is 4.48. The van der Waals surface area contributed by atoms with Gasteiger partial charge in [-0.15, -0.1) is 0 Å². The summed E-state index contributed by atoms with van der Waals surface area (Å²) in [6, 6.07) is 7.42. The SMILES string of the molecule is CCCN(C)CC1CCN(C(=O)Nc2cccc(-c3ncon3)c2)C1. The quantitative estimate of drug-likeness (QED) is 0.873. The van der Waals surface area contributed by atoms with Crippen LogP contribution in [-0.2, 0) is 0 Å². The van der Waals surface area contributed by atoms with Crippen molar-refractivity contribution in [2.24, 2.45) is 5.92 Å². The Kier molecular flexibility index (Phi) is 5.65. The summed E-state index contributed by atoms with van der Waals surface area (Å²) in [6.07, 6.45) is 3.51. The summed E-state index contributed by atoms with van der Waals surface area (Å²) < 4.78 is 4.77. The van der Waals surface area contributed by atoms with Crippen molar-refractivity contribution in [1.82, 2.24) is 19.9 Å². The van der Waals surface area contributed by atoms with E-state index in [4.69, 9.17) is 4.52 Å². The number of carbonyl (C=O) groups excluding carboxylic acids is 1. The summed E-state index contributed by atoms with van der Waals surface area (Å²) in [7, 11) is 2.15. The molecule has 7 heteroatoms. The van der Waals surface area contributed by atoms with E-state index in [-0.39, 0.29) is 6.03 Å². The molecule has 1 fully saturated rings. The van der Waals surface area contributed by atoms with Crippen LogP contribution in [-0.4, -0.2) is 59.2 Å². The topological polar surface area (TPSA) is 74.5 Å². The van der Waals surface area contributed by atoms with E-state index in [0.29, 0.717) is 11.7 Å². The highest BCUT2D eigenvalue weighted by Crippen LogP contribution is 2.21. The van der Waals surface area contributed by atoms with E-state index in [0.717, 1.165) is 50.3 Å². The third-order valence-corrected chi connectivity index (χ3v) is 4.48. The second kappa shape index (κ2) is 8.11. The van der Waals surface area contributed by atoms with Crippen molar-refractivity contribution >= 4 is 11.7 Å². The van der Waals surface area contributed by atoms with Crippen LogP contribution < -0.4 is 5.32 Å². The van der Waals surface area contributed by atoms with E-state index in [2.05, 4.69) is 34.3 Å². The number of hydrogen-bond acceptors (Lipinski definition) is 5. The van der Waals surface area contributed by atoms with Gasteiger partial charge >= 0.3 is 6.03 Å². The maximum Gasteiger partial charge on any atom is 0.321 e. The number of amides is 2. The van der Waals surface area contributed by atoms with Gasteiger partial charge in [0, 0.05) is 30.9 Å². The highest BCUT2D eigenvalue weighted by atomic mass is 16.5. The van der Waals surface area contributed by atoms with Gasteiger partial charge in [0.25, 0.3) is 0 Å². The molecular formula is C18H25N5O2. The van der Waals surface area contributed by atoms with Crippen LogP contribution in [0.15, 0.2) is 35.2 Å². The Balaban J connectivity index is 1.55. The van der Waals surface area contributed by atoms with Crippen molar-refractivity contribution < 1.29 is 9.32 Å². The lowest BCUT2D eigenvalue weighted by atomic mass is 10.1. The number of urea groups is 1. The molecule has 0 spiro atoms. The normalized spacial score (nSPS) is 17.2. The molecule has 134 valence electrons. The predicted molar refractivity (Wildman–Crippen MR) is 96.2 cm³/mol. The number of aromatic nitrogens is 2. The number of nitrogens with zero attached hydrogens (tertiary/aromatic N) is 4. The fourth-order valence-corrected chi connectivity index (χ4v) is 3.32. The molecule has 0 radical (unpaired) electrons. The van der Waals surface area contributed by atoms with E-state index in [9.17, 15) is 4.79 Å². The van der Waals surface area contributed by atoms with Gasteiger partial charge in [-0.2, -0.15) is 4.98 Å². The first-order valence-corrected chi connectivity index (χ1v) is 8.77. The number of likely N-dealkylation sites (tertiary alicyclic amines) is 1. The largest absolute Gasteiger partial charge is 0.342 e. The van der Waals surface area contributed by atoms with Gasteiger partial charge in [0.15, 0.2) is 0 Å². The molecule has 1 aliphatic heterocycles. The molecule has 0 bridgehead atoms. The van der Waals surface area contributed by atoms with Crippen molar-refractivity contribution in [2.45, 2.75) is 19.8 Å². The first-order valence-electron chi connectivity index (χ1n) is 8.77. The van der Waals surface area contributed by atoms with Crippen LogP contribution in [0.5, 0.6) is 0 Å². The highest BCUT2D eigenvalue weighted by Gasteiger charge is 2.27. The Hall–Kier alpha value is -2.41. The van der Waals surface area contributed by atoms with Crippen molar-refractivity contribution in [3.8, 4) is 11.4 Å². The molecule has 1 saturated heterocycles. The van der Waals surface area contributed by atoms with Crippen LogP contribution >= 0.6 is 0 Å². The molecular weight excluding hydrogens is 318 g/mol. The van der Waals surface area contributed by atoms with Gasteiger partial charge < -0.3 is 19.6 Å². The van der Waals surface area contributed by atoms with Crippen LogP contribution in [0.4, 0.5) is 10.5 Å². The molecule has 2 aromatic rings. The highest BCUT2D eigenvalue weighted by molar-refractivity contribution is 5.90. The number of benzene rings is 1. The van der Waals surface area contributed by atoms with Crippen molar-refractivity contribution in [1.29, 1.82) is 0 Å². The molecule has 1 aromatic carbocycles. The maximum absolute atomic E-state index is 12.5. The minimum Gasteiger partial charge on any atom is -0.342 e. The first kappa shape index (κ1) is 17.4. The summed E-state index contributed by atoms with van der Waals surface area (Å²) >= 11 is 0. The maximum atomic E-state index is 12.5. The molecule has 1 aromatic heterocycles. The summed E-state index contributed by atoms with van der Waals surface area (Å²) in [5.74, 6) is 1.06. The van der Waals surface area contributed by atoms with Gasteiger partial charge in [0.2, 0.25) is 12.2 Å². The zero-order chi connectivity index (χ0) is 17.6. The van der Waals surface area contributed by atoms with Crippen LogP contribution in [0.1, 0.15) is 19.8 Å². The average molecular weight is 343 g/mol. The lowest BCUT2D eigenvalue weighted by molar-refractivity contribution is 0.217. The van der Waals surface area contributed by atoms with E-state index in [1.54, 1.807) is 0 Å². The average Bonchev–Trinajstić information content (AvgIpc) is 3.27. The van der Waals surface area contributed by atoms with Crippen LogP contribution in [0.3, 0.4) is 0 Å². The second-order valence-electron chi connectivity index (χ2n) is 6.63. The fraction of sp³-hybridized carbons (Fsp3) is 0.500. The molecule has 2 heterocycles. The molecule has 1 aliphatic rings. The molecule has 0 aliphatic carbocycles. The van der Waals surface area contributed by atoms with Crippen LogP contribution in [0, 0.1) is 5.92 Å². The van der Waals surface area contributed by atoms with Gasteiger partial charge in [0.1, 0.15) is 0 Å². The van der Waals surface area contributed by atoms with Crippen molar-refractivity contribution in [2.75, 3.05) is 38.5 Å². The van der Waals surface area contributed by atoms with Crippen molar-refractivity contribution in [3.05, 3.63) is 30.7 Å². The van der Waals surface area contributed by atoms with E-state index in [1.807, 2.05) is 29.2 Å². The zero-order valence-corrected chi connectivity index (χ0v) is 14.8. The van der Waals surface area contributed by atoms with Crippen LogP contribution in [0.25, 0.3) is 11.4 Å². The monoisotopic (exact) mass is 343 g/mol. The number of anilines is 1. The van der Waals surface area contributed by atoms with E-state index >= 15 is 0 Å². The van der Waals surface area contributed by atoms with Gasteiger partial charge in [-0.3, -0.25) is 0 Å². The van der Waals surface area contributed by atoms with E-state index in [1.165, 1.54) is 6.39 Å². The molecule has 25 heavy (non-hydrogen) atoms. The Morgan fingerprint density at radius 3 is 3.12 bits per heavy atom. The summed E-state index contributed by atoms with van der Waals surface area (Å²) in [5, 5.41) is 6.80. The smallest absolute Gasteiger partial charge is 0.321 e. The molecule has 1 unspecified atom stereocenters. The standard InChI is InChI=1S/C18H25N5O2/c1-3-8-22(2)11-14-7-9-23(12-14)18(24)20-16-6-4-5-15(10-16)17-19-13-25-21-17/h4-6,10,13-14H,3,7-9,11-12H2,1-2H3,(H,20,24). The summed E-state index contributed by atoms with van der Waals surface area (Å²) in [5.41, 5.74) is 1.55. The van der Waals surface area contributed by atoms with Gasteiger partial charge in [-0.25, -0.2) is 4.79 Å². The number of carbonyl (C=O) groups is 1. The number of hydrogen-bond donors (Lipinski definition) is 1. The minimum absolute atomic E-state index is 0.0501. The third kappa shape index (κ3) is 4.57. The molecule has 3 rings (SSSR count). The Morgan fingerprint density at radius 1 is 1.48 bits per heavy atom. The lowest BCUT2D eigenvalue weighted by Crippen LogP contribution is -2.34. The van der Waals surface area contributed by atoms with E-state index < -0.39 is 0 Å². The zero-order valence-electron chi connectivity index (χ0n) is 14.8. The number of nitrogens with one attached hydrogen (secondary N) is 1. The Bertz CT molecular complexity index is 689. The Labute approximate surface area is 148 Å². The fourth-order valence-electron chi connectivity index (χ4n) is 3.32. The van der Waals surface area contributed by atoms with Crippen LogP contribution in [0.2, 0.25) is 0 Å². The lowest BCUT2D eigenvalue weighted by Gasteiger charge is -2.21. The van der Waals surface area contributed by atoms with Crippen molar-refractivity contribution in [3.63, 3.8) is 0 Å². The minimum atomic E-state index is -0.0501. The summed E-state index contributed by atoms with van der Waals surface area (Å²) in [4.78, 5) is 20.8. The molecule has 0 saturated carbocycles. The van der Waals surface area contributed by atoms with Gasteiger partial charge in [-0.05, 0) is 44.5 Å². The van der Waals surface area contributed by atoms with Gasteiger partial charge in [0.05, 0.1) is 0 Å². The molecule has 2 amide bonds. The summed E-state index contributed by atoms with van der Waals surface area (Å²) in [6.45, 7) is 5.95. The predicted octanol–water partition coefficient (Wildman–Crippen LogP) is 2.93. The molecule has 1 N–H and O–H groups in total. The second-order valence-corrected chi connectivity index (χ2v) is 6.63.